The lowest BCUT2D eigenvalue weighted by Crippen LogP contribution is -2.21. The second-order valence-corrected chi connectivity index (χ2v) is 9.77. The Morgan fingerprint density at radius 3 is 1.88 bits per heavy atom. The molecule has 0 amide bonds. The summed E-state index contributed by atoms with van der Waals surface area (Å²) in [5.41, 5.74) is 0. The topological polar surface area (TPSA) is 36.9 Å². The molecule has 184 valence electrons. The van der Waals surface area contributed by atoms with Gasteiger partial charge in [0.25, 0.3) is 0 Å². The summed E-state index contributed by atoms with van der Waals surface area (Å²) < 4.78 is 22.1. The molecule has 8 unspecified atom stereocenters. The van der Waals surface area contributed by atoms with Gasteiger partial charge in [-0.25, -0.2) is 0 Å². The number of hydrogen-bond donors (Lipinski definition) is 0. The Morgan fingerprint density at radius 2 is 1.44 bits per heavy atom. The molecule has 8 atom stereocenters. The second kappa shape index (κ2) is 15.1. The van der Waals surface area contributed by atoms with Gasteiger partial charge in [-0.15, -0.1) is 13.2 Å². The van der Waals surface area contributed by atoms with Gasteiger partial charge in [-0.05, 0) is 74.0 Å². The molecule has 2 saturated carbocycles. The van der Waals surface area contributed by atoms with Gasteiger partial charge in [-0.1, -0.05) is 38.2 Å². The Hall–Kier alpha value is -0.940. The minimum atomic E-state index is 0.230. The maximum absolute atomic E-state index is 5.78. The lowest BCUT2D eigenvalue weighted by molar-refractivity contribution is -0.00674. The van der Waals surface area contributed by atoms with E-state index in [1.807, 2.05) is 0 Å². The molecule has 3 aliphatic carbocycles. The van der Waals surface area contributed by atoms with Gasteiger partial charge in [-0.2, -0.15) is 0 Å². The average molecular weight is 449 g/mol. The molecule has 32 heavy (non-hydrogen) atoms. The fourth-order valence-corrected chi connectivity index (χ4v) is 5.37. The minimum absolute atomic E-state index is 0.230. The van der Waals surface area contributed by atoms with Gasteiger partial charge >= 0.3 is 0 Å². The van der Waals surface area contributed by atoms with Crippen molar-refractivity contribution < 1.29 is 18.9 Å². The van der Waals surface area contributed by atoms with Crippen molar-refractivity contribution in [2.75, 3.05) is 40.6 Å². The number of fused-ring (bicyclic) bond motifs is 2. The quantitative estimate of drug-likeness (QED) is 0.302. The van der Waals surface area contributed by atoms with Crippen LogP contribution in [0.4, 0.5) is 0 Å². The highest BCUT2D eigenvalue weighted by atomic mass is 16.5. The summed E-state index contributed by atoms with van der Waals surface area (Å²) in [6.07, 6.45) is 16.5. The van der Waals surface area contributed by atoms with Crippen molar-refractivity contribution in [2.24, 2.45) is 35.5 Å². The molecule has 0 N–H and O–H groups in total. The monoisotopic (exact) mass is 448 g/mol. The summed E-state index contributed by atoms with van der Waals surface area (Å²) in [5.74, 6) is 4.25. The first-order valence-corrected chi connectivity index (χ1v) is 12.7. The van der Waals surface area contributed by atoms with E-state index in [1.54, 1.807) is 14.2 Å². The number of hydrogen-bond acceptors (Lipinski definition) is 4. The standard InChI is InChI=1S/C15H26O2.C13H22O2/c1-5-12-8-13(6-2)14(9-12)10-17-11-15(7-3)16-4;1-3-13(14-2)9-15-8-12-7-10-4-5-11(12)6-10/h5-6,12-15H,1-2,7-11H2,3-4H3;4-5,10-13H,3,6-9H2,1-2H3. The molecule has 0 radical (unpaired) electrons. The first-order chi connectivity index (χ1) is 15.6. The van der Waals surface area contributed by atoms with Crippen LogP contribution in [0.2, 0.25) is 0 Å². The third-order valence-electron chi connectivity index (χ3n) is 7.69. The van der Waals surface area contributed by atoms with Gasteiger partial charge in [0.15, 0.2) is 0 Å². The lowest BCUT2D eigenvalue weighted by atomic mass is 9.95. The molecule has 4 heteroatoms. The minimum Gasteiger partial charge on any atom is -0.379 e. The van der Waals surface area contributed by atoms with Gasteiger partial charge in [0.2, 0.25) is 0 Å². The Labute approximate surface area is 197 Å². The molecule has 3 aliphatic rings. The van der Waals surface area contributed by atoms with E-state index in [4.69, 9.17) is 18.9 Å². The zero-order valence-electron chi connectivity index (χ0n) is 21.0. The molecule has 3 rings (SSSR count). The van der Waals surface area contributed by atoms with Crippen molar-refractivity contribution >= 4 is 0 Å². The summed E-state index contributed by atoms with van der Waals surface area (Å²) in [6.45, 7) is 15.3. The molecule has 4 nitrogen and oxygen atoms in total. The van der Waals surface area contributed by atoms with Gasteiger partial charge in [-0.3, -0.25) is 0 Å². The molecule has 2 bridgehead atoms. The van der Waals surface area contributed by atoms with Crippen molar-refractivity contribution in [2.45, 2.75) is 64.6 Å². The zero-order valence-corrected chi connectivity index (χ0v) is 21.0. The maximum atomic E-state index is 5.78. The van der Waals surface area contributed by atoms with Gasteiger partial charge in [0.1, 0.15) is 0 Å². The van der Waals surface area contributed by atoms with E-state index in [9.17, 15) is 0 Å². The fraction of sp³-hybridized carbons (Fsp3) is 0.786. The van der Waals surface area contributed by atoms with Crippen LogP contribution in [0, 0.1) is 35.5 Å². The van der Waals surface area contributed by atoms with Crippen LogP contribution in [-0.2, 0) is 18.9 Å². The molecule has 0 spiro atoms. The third-order valence-corrected chi connectivity index (χ3v) is 7.69. The highest BCUT2D eigenvalue weighted by Crippen LogP contribution is 2.43. The van der Waals surface area contributed by atoms with E-state index in [0.29, 0.717) is 24.4 Å². The normalized spacial score (nSPS) is 32.4. The lowest BCUT2D eigenvalue weighted by Gasteiger charge is -2.20. The number of methoxy groups -OCH3 is 2. The largest absolute Gasteiger partial charge is 0.379 e. The molecular weight excluding hydrogens is 400 g/mol. The Morgan fingerprint density at radius 1 is 0.812 bits per heavy atom. The van der Waals surface area contributed by atoms with E-state index < -0.39 is 0 Å². The number of ether oxygens (including phenoxy) is 4. The van der Waals surface area contributed by atoms with E-state index in [0.717, 1.165) is 50.4 Å². The predicted molar refractivity (Wildman–Crippen MR) is 133 cm³/mol. The highest BCUT2D eigenvalue weighted by Gasteiger charge is 2.35. The average Bonchev–Trinajstić information content (AvgIpc) is 3.55. The van der Waals surface area contributed by atoms with Crippen LogP contribution in [0.15, 0.2) is 37.5 Å². The summed E-state index contributed by atoms with van der Waals surface area (Å²) in [6, 6.07) is 0. The van der Waals surface area contributed by atoms with Crippen LogP contribution in [-0.4, -0.2) is 52.9 Å². The Bertz CT molecular complexity index is 552. The highest BCUT2D eigenvalue weighted by molar-refractivity contribution is 5.10. The summed E-state index contributed by atoms with van der Waals surface area (Å²) in [7, 11) is 3.51. The molecule has 0 aromatic carbocycles. The van der Waals surface area contributed by atoms with E-state index in [-0.39, 0.29) is 12.2 Å². The summed E-state index contributed by atoms with van der Waals surface area (Å²) in [4.78, 5) is 0. The van der Waals surface area contributed by atoms with Crippen LogP contribution >= 0.6 is 0 Å². The van der Waals surface area contributed by atoms with Crippen LogP contribution in [0.25, 0.3) is 0 Å². The first-order valence-electron chi connectivity index (χ1n) is 12.7. The Balaban J connectivity index is 0.000000228. The van der Waals surface area contributed by atoms with Gasteiger partial charge < -0.3 is 18.9 Å². The Kier molecular flexibility index (Phi) is 12.8. The molecule has 0 aliphatic heterocycles. The molecule has 0 aromatic rings. The number of allylic oxidation sites excluding steroid dienone is 4. The van der Waals surface area contributed by atoms with Crippen LogP contribution in [0.5, 0.6) is 0 Å². The first kappa shape index (κ1) is 27.3. The van der Waals surface area contributed by atoms with Crippen LogP contribution < -0.4 is 0 Å². The van der Waals surface area contributed by atoms with E-state index >= 15 is 0 Å². The fourth-order valence-electron chi connectivity index (χ4n) is 5.37. The smallest absolute Gasteiger partial charge is 0.0802 e. The van der Waals surface area contributed by atoms with Crippen molar-refractivity contribution in [3.8, 4) is 0 Å². The molecule has 0 aromatic heterocycles. The second-order valence-electron chi connectivity index (χ2n) is 9.77. The number of rotatable bonds is 14. The molecule has 0 saturated heterocycles. The van der Waals surface area contributed by atoms with Gasteiger partial charge in [0, 0.05) is 14.2 Å². The SMILES string of the molecule is C=CC1CC(C=C)C(COCC(CC)OC)C1.CCC(COCC1CC2C=CC1C2)OC. The maximum Gasteiger partial charge on any atom is 0.0802 e. The van der Waals surface area contributed by atoms with Crippen molar-refractivity contribution in [3.63, 3.8) is 0 Å². The van der Waals surface area contributed by atoms with E-state index in [1.165, 1.54) is 25.7 Å². The van der Waals surface area contributed by atoms with Crippen molar-refractivity contribution in [3.05, 3.63) is 37.5 Å². The van der Waals surface area contributed by atoms with Crippen LogP contribution in [0.3, 0.4) is 0 Å². The summed E-state index contributed by atoms with van der Waals surface area (Å²) in [5, 5.41) is 0. The molecule has 2 fully saturated rings. The van der Waals surface area contributed by atoms with Crippen molar-refractivity contribution in [1.82, 2.24) is 0 Å². The molecular formula is C28H48O4. The predicted octanol–water partition coefficient (Wildman–Crippen LogP) is 6.08. The third kappa shape index (κ3) is 8.44. The summed E-state index contributed by atoms with van der Waals surface area (Å²) >= 11 is 0. The van der Waals surface area contributed by atoms with E-state index in [2.05, 4.69) is 51.3 Å². The molecule has 0 heterocycles. The van der Waals surface area contributed by atoms with Crippen molar-refractivity contribution in [1.29, 1.82) is 0 Å². The zero-order chi connectivity index (χ0) is 23.3. The van der Waals surface area contributed by atoms with Gasteiger partial charge in [0.05, 0.1) is 38.6 Å². The van der Waals surface area contributed by atoms with Crippen LogP contribution in [0.1, 0.15) is 52.4 Å².